The summed E-state index contributed by atoms with van der Waals surface area (Å²) in [6.07, 6.45) is 0. The van der Waals surface area contributed by atoms with Crippen LogP contribution in [0, 0.1) is 0 Å². The van der Waals surface area contributed by atoms with E-state index in [1.165, 1.54) is 0 Å². The number of likely N-dealkylation sites (N-methyl/N-ethyl adjacent to an activating group) is 1. The molecule has 1 aromatic carbocycles. The number of nitrogens with one attached hydrogen (secondary N) is 2. The molecule has 144 valence electrons. The SMILES string of the molecule is CCNC(=NCCNS(=O)(=O)CC)N(C)CCOc1ccccc1.I. The molecule has 1 aromatic rings. The topological polar surface area (TPSA) is 83.0 Å². The van der Waals surface area contributed by atoms with Crippen LogP contribution in [0.5, 0.6) is 5.75 Å². The number of rotatable bonds is 10. The van der Waals surface area contributed by atoms with Crippen molar-refractivity contribution in [3.63, 3.8) is 0 Å². The van der Waals surface area contributed by atoms with Gasteiger partial charge in [0.25, 0.3) is 0 Å². The monoisotopic (exact) mass is 484 g/mol. The predicted octanol–water partition coefficient (Wildman–Crippen LogP) is 1.52. The number of hydrogen-bond acceptors (Lipinski definition) is 4. The number of halogens is 1. The Morgan fingerprint density at radius 2 is 1.92 bits per heavy atom. The van der Waals surface area contributed by atoms with Crippen LogP contribution in [-0.4, -0.2) is 64.9 Å². The lowest BCUT2D eigenvalue weighted by Crippen LogP contribution is -2.41. The molecule has 7 nitrogen and oxygen atoms in total. The standard InChI is InChI=1S/C16H28N4O3S.HI/c1-4-17-16(18-11-12-19-24(21,22)5-2)20(3)13-14-23-15-9-7-6-8-10-15;/h6-10,19H,4-5,11-14H2,1-3H3,(H,17,18);1H. The van der Waals surface area contributed by atoms with Crippen molar-refractivity contribution in [1.82, 2.24) is 14.9 Å². The van der Waals surface area contributed by atoms with Crippen molar-refractivity contribution in [3.8, 4) is 5.75 Å². The fraction of sp³-hybridized carbons (Fsp3) is 0.562. The molecule has 0 unspecified atom stereocenters. The van der Waals surface area contributed by atoms with Crippen LogP contribution in [0.15, 0.2) is 35.3 Å². The molecular weight excluding hydrogens is 455 g/mol. The van der Waals surface area contributed by atoms with Crippen molar-refractivity contribution in [2.24, 2.45) is 4.99 Å². The second kappa shape index (κ2) is 13.2. The van der Waals surface area contributed by atoms with Gasteiger partial charge in [0.15, 0.2) is 5.96 Å². The summed E-state index contributed by atoms with van der Waals surface area (Å²) in [4.78, 5) is 6.38. The van der Waals surface area contributed by atoms with Gasteiger partial charge in [-0.05, 0) is 26.0 Å². The van der Waals surface area contributed by atoms with Crippen LogP contribution in [0.2, 0.25) is 0 Å². The molecule has 0 amide bonds. The van der Waals surface area contributed by atoms with Gasteiger partial charge in [-0.2, -0.15) is 0 Å². The largest absolute Gasteiger partial charge is 0.492 e. The van der Waals surface area contributed by atoms with Gasteiger partial charge in [-0.1, -0.05) is 18.2 Å². The average molecular weight is 484 g/mol. The number of sulfonamides is 1. The molecule has 0 aromatic heterocycles. The Morgan fingerprint density at radius 1 is 1.24 bits per heavy atom. The number of guanidine groups is 1. The van der Waals surface area contributed by atoms with Gasteiger partial charge in [0.1, 0.15) is 12.4 Å². The predicted molar refractivity (Wildman–Crippen MR) is 113 cm³/mol. The van der Waals surface area contributed by atoms with Crippen molar-refractivity contribution in [3.05, 3.63) is 30.3 Å². The lowest BCUT2D eigenvalue weighted by molar-refractivity contribution is 0.281. The number of nitrogens with zero attached hydrogens (tertiary/aromatic N) is 2. The van der Waals surface area contributed by atoms with E-state index in [0.717, 1.165) is 18.3 Å². The number of aliphatic imine (C=N–C) groups is 1. The molecule has 25 heavy (non-hydrogen) atoms. The van der Waals surface area contributed by atoms with E-state index in [1.807, 2.05) is 49.2 Å². The van der Waals surface area contributed by atoms with Crippen molar-refractivity contribution >= 4 is 40.0 Å². The first-order valence-electron chi connectivity index (χ1n) is 8.13. The van der Waals surface area contributed by atoms with Gasteiger partial charge < -0.3 is 15.0 Å². The lowest BCUT2D eigenvalue weighted by atomic mass is 10.3. The van der Waals surface area contributed by atoms with Crippen LogP contribution < -0.4 is 14.8 Å². The third-order valence-electron chi connectivity index (χ3n) is 3.21. The highest BCUT2D eigenvalue weighted by atomic mass is 127. The van der Waals surface area contributed by atoms with E-state index >= 15 is 0 Å². The van der Waals surface area contributed by atoms with E-state index in [2.05, 4.69) is 15.0 Å². The summed E-state index contributed by atoms with van der Waals surface area (Å²) in [5, 5.41) is 3.19. The quantitative estimate of drug-likeness (QED) is 0.228. The first-order valence-corrected chi connectivity index (χ1v) is 9.78. The van der Waals surface area contributed by atoms with Crippen LogP contribution in [-0.2, 0) is 10.0 Å². The van der Waals surface area contributed by atoms with Crippen molar-refractivity contribution in [2.75, 3.05) is 45.6 Å². The second-order valence-electron chi connectivity index (χ2n) is 5.12. The summed E-state index contributed by atoms with van der Waals surface area (Å²) in [7, 11) is -1.25. The molecule has 2 N–H and O–H groups in total. The second-order valence-corrected chi connectivity index (χ2v) is 7.21. The summed E-state index contributed by atoms with van der Waals surface area (Å²) in [5.74, 6) is 1.64. The molecule has 0 radical (unpaired) electrons. The summed E-state index contributed by atoms with van der Waals surface area (Å²) in [6.45, 7) is 6.21. The van der Waals surface area contributed by atoms with E-state index < -0.39 is 10.0 Å². The fourth-order valence-corrected chi connectivity index (χ4v) is 2.46. The van der Waals surface area contributed by atoms with Crippen LogP contribution in [0.25, 0.3) is 0 Å². The molecule has 0 aliphatic carbocycles. The molecule has 0 heterocycles. The number of hydrogen-bond donors (Lipinski definition) is 2. The van der Waals surface area contributed by atoms with E-state index in [4.69, 9.17) is 4.74 Å². The van der Waals surface area contributed by atoms with E-state index in [1.54, 1.807) is 6.92 Å². The highest BCUT2D eigenvalue weighted by Crippen LogP contribution is 2.07. The van der Waals surface area contributed by atoms with Crippen molar-refractivity contribution in [1.29, 1.82) is 0 Å². The highest BCUT2D eigenvalue weighted by Gasteiger charge is 2.07. The zero-order chi connectivity index (χ0) is 17.8. The molecule has 9 heteroatoms. The zero-order valence-electron chi connectivity index (χ0n) is 15.1. The fourth-order valence-electron chi connectivity index (χ4n) is 1.86. The minimum absolute atomic E-state index is 0. The van der Waals surface area contributed by atoms with Crippen molar-refractivity contribution < 1.29 is 13.2 Å². The summed E-state index contributed by atoms with van der Waals surface area (Å²) in [5.41, 5.74) is 0. The van der Waals surface area contributed by atoms with E-state index in [0.29, 0.717) is 26.2 Å². The molecule has 0 saturated heterocycles. The molecule has 0 fully saturated rings. The third-order valence-corrected chi connectivity index (χ3v) is 4.61. The number of ether oxygens (including phenoxy) is 1. The highest BCUT2D eigenvalue weighted by molar-refractivity contribution is 14.0. The Kier molecular flexibility index (Phi) is 12.6. The van der Waals surface area contributed by atoms with Crippen LogP contribution in [0.1, 0.15) is 13.8 Å². The van der Waals surface area contributed by atoms with E-state index in [-0.39, 0.29) is 29.7 Å². The summed E-state index contributed by atoms with van der Waals surface area (Å²) < 4.78 is 30.9. The third kappa shape index (κ3) is 10.5. The average Bonchev–Trinajstić information content (AvgIpc) is 2.58. The Bertz CT molecular complexity index is 597. The van der Waals surface area contributed by atoms with Gasteiger partial charge in [0.2, 0.25) is 10.0 Å². The Hall–Kier alpha value is -1.07. The van der Waals surface area contributed by atoms with Gasteiger partial charge in [0.05, 0.1) is 18.8 Å². The zero-order valence-corrected chi connectivity index (χ0v) is 18.2. The molecule has 0 atom stereocenters. The van der Waals surface area contributed by atoms with Crippen molar-refractivity contribution in [2.45, 2.75) is 13.8 Å². The maximum absolute atomic E-state index is 11.4. The molecule has 0 spiro atoms. The Labute approximate surface area is 168 Å². The van der Waals surface area contributed by atoms with Gasteiger partial charge in [-0.3, -0.25) is 4.99 Å². The molecule has 0 bridgehead atoms. The minimum atomic E-state index is -3.17. The first-order chi connectivity index (χ1) is 11.5. The first kappa shape index (κ1) is 23.9. The number of para-hydroxylation sites is 1. The Balaban J connectivity index is 0.00000576. The lowest BCUT2D eigenvalue weighted by Gasteiger charge is -2.22. The molecule has 0 aliphatic heterocycles. The summed E-state index contributed by atoms with van der Waals surface area (Å²) >= 11 is 0. The maximum atomic E-state index is 11.4. The van der Waals surface area contributed by atoms with Crippen LogP contribution in [0.3, 0.4) is 0 Å². The molecule has 0 aliphatic rings. The van der Waals surface area contributed by atoms with Crippen LogP contribution >= 0.6 is 24.0 Å². The summed E-state index contributed by atoms with van der Waals surface area (Å²) in [6, 6.07) is 9.64. The van der Waals surface area contributed by atoms with Gasteiger partial charge >= 0.3 is 0 Å². The van der Waals surface area contributed by atoms with Gasteiger partial charge in [0, 0.05) is 20.1 Å². The minimum Gasteiger partial charge on any atom is -0.492 e. The van der Waals surface area contributed by atoms with Gasteiger partial charge in [-0.25, -0.2) is 13.1 Å². The smallest absolute Gasteiger partial charge is 0.211 e. The van der Waals surface area contributed by atoms with E-state index in [9.17, 15) is 8.42 Å². The molecule has 0 saturated carbocycles. The van der Waals surface area contributed by atoms with Crippen LogP contribution in [0.4, 0.5) is 0 Å². The molecule has 1 rings (SSSR count). The molecular formula is C16H29IN4O3S. The maximum Gasteiger partial charge on any atom is 0.211 e. The Morgan fingerprint density at radius 3 is 2.52 bits per heavy atom. The number of benzene rings is 1. The van der Waals surface area contributed by atoms with Gasteiger partial charge in [-0.15, -0.1) is 24.0 Å². The normalized spacial score (nSPS) is 11.6.